The molecule has 7 heteroatoms. The summed E-state index contributed by atoms with van der Waals surface area (Å²) in [7, 11) is 1.50. The van der Waals surface area contributed by atoms with Gasteiger partial charge >= 0.3 is 0 Å². The van der Waals surface area contributed by atoms with E-state index in [1.165, 1.54) is 13.4 Å². The zero-order chi connectivity index (χ0) is 17.8. The molecule has 1 amide bonds. The number of pyridine rings is 1. The number of hydrogen-bond acceptors (Lipinski definition) is 4. The number of nitrogens with one attached hydrogen (secondary N) is 1. The van der Waals surface area contributed by atoms with Crippen molar-refractivity contribution >= 4 is 5.91 Å². The molecule has 0 aliphatic rings. The third-order valence-corrected chi connectivity index (χ3v) is 3.58. The Labute approximate surface area is 142 Å². The number of carbonyl (C=O) groups excluding carboxylic acids is 1. The maximum atomic E-state index is 13.8. The molecule has 2 heterocycles. The Morgan fingerprint density at radius 2 is 2.04 bits per heavy atom. The number of methoxy groups -OCH3 is 1. The van der Waals surface area contributed by atoms with Crippen LogP contribution in [0.5, 0.6) is 5.75 Å². The third-order valence-electron chi connectivity index (χ3n) is 3.58. The molecule has 1 N–H and O–H groups in total. The van der Waals surface area contributed by atoms with Crippen molar-refractivity contribution in [2.24, 2.45) is 0 Å². The number of aromatic nitrogens is 1. The lowest BCUT2D eigenvalue weighted by Gasteiger charge is -2.19. The van der Waals surface area contributed by atoms with Gasteiger partial charge in [-0.25, -0.2) is 13.8 Å². The number of carbonyl (C=O) groups is 1. The molecule has 0 fully saturated rings. The molecule has 0 saturated heterocycles. The molecule has 25 heavy (non-hydrogen) atoms. The molecule has 3 aromatic rings. The fourth-order valence-corrected chi connectivity index (χ4v) is 2.44. The molecular weight excluding hydrogens is 330 g/mol. The van der Waals surface area contributed by atoms with Gasteiger partial charge in [-0.1, -0.05) is 18.2 Å². The minimum Gasteiger partial charge on any atom is -0.496 e. The smallest absolute Gasteiger partial charge is 0.273 e. The molecule has 5 nitrogen and oxygen atoms in total. The Balaban J connectivity index is 1.97. The van der Waals surface area contributed by atoms with E-state index in [0.717, 1.165) is 6.20 Å². The maximum Gasteiger partial charge on any atom is 0.273 e. The first kappa shape index (κ1) is 16.6. The van der Waals surface area contributed by atoms with Crippen molar-refractivity contribution in [3.63, 3.8) is 0 Å². The third kappa shape index (κ3) is 3.50. The molecule has 3 rings (SSSR count). The summed E-state index contributed by atoms with van der Waals surface area (Å²) in [5, 5.41) is 2.65. The average molecular weight is 344 g/mol. The highest BCUT2D eigenvalue weighted by atomic mass is 19.1. The van der Waals surface area contributed by atoms with Gasteiger partial charge in [0.15, 0.2) is 11.5 Å². The van der Waals surface area contributed by atoms with Crippen LogP contribution in [0.1, 0.15) is 27.9 Å². The summed E-state index contributed by atoms with van der Waals surface area (Å²) < 4.78 is 37.5. The Kier molecular flexibility index (Phi) is 4.74. The van der Waals surface area contributed by atoms with Crippen LogP contribution in [0.25, 0.3) is 0 Å². The van der Waals surface area contributed by atoms with Crippen LogP contribution in [0.3, 0.4) is 0 Å². The molecule has 128 valence electrons. The van der Waals surface area contributed by atoms with Gasteiger partial charge in [-0.2, -0.15) is 0 Å². The number of hydrogen-bond donors (Lipinski definition) is 1. The second-order valence-electron chi connectivity index (χ2n) is 5.15. The van der Waals surface area contributed by atoms with Crippen LogP contribution in [-0.4, -0.2) is 18.0 Å². The molecule has 1 aromatic carbocycles. The molecule has 0 spiro atoms. The molecule has 0 saturated carbocycles. The Bertz CT molecular complexity index is 882. The molecule has 2 aromatic heterocycles. The van der Waals surface area contributed by atoms with Crippen LogP contribution >= 0.6 is 0 Å². The second kappa shape index (κ2) is 7.12. The van der Waals surface area contributed by atoms with E-state index in [1.54, 1.807) is 36.4 Å². The Morgan fingerprint density at radius 3 is 2.72 bits per heavy atom. The molecular formula is C18H14F2N2O3. The summed E-state index contributed by atoms with van der Waals surface area (Å²) in [5.41, 5.74) is 0.115. The normalized spacial score (nSPS) is 11.8. The van der Waals surface area contributed by atoms with Crippen LogP contribution in [0, 0.1) is 11.6 Å². The van der Waals surface area contributed by atoms with Gasteiger partial charge in [0, 0.05) is 11.6 Å². The number of halogens is 2. The highest BCUT2D eigenvalue weighted by molar-refractivity contribution is 5.93. The van der Waals surface area contributed by atoms with E-state index in [2.05, 4.69) is 10.3 Å². The summed E-state index contributed by atoms with van der Waals surface area (Å²) >= 11 is 0. The predicted octanol–water partition coefficient (Wildman–Crippen LogP) is 3.48. The lowest BCUT2D eigenvalue weighted by molar-refractivity contribution is 0.0929. The Morgan fingerprint density at radius 1 is 1.24 bits per heavy atom. The van der Waals surface area contributed by atoms with Crippen LogP contribution in [0.4, 0.5) is 8.78 Å². The van der Waals surface area contributed by atoms with Gasteiger partial charge in [0.2, 0.25) is 0 Å². The van der Waals surface area contributed by atoms with Crippen LogP contribution in [-0.2, 0) is 0 Å². The largest absolute Gasteiger partial charge is 0.496 e. The minimum absolute atomic E-state index is 0.431. The van der Waals surface area contributed by atoms with Crippen molar-refractivity contribution in [3.8, 4) is 5.75 Å². The van der Waals surface area contributed by atoms with Gasteiger partial charge in [-0.05, 0) is 18.2 Å². The number of ether oxygens (including phenoxy) is 1. The molecule has 0 radical (unpaired) electrons. The lowest BCUT2D eigenvalue weighted by Crippen LogP contribution is -2.30. The van der Waals surface area contributed by atoms with E-state index >= 15 is 0 Å². The molecule has 0 bridgehead atoms. The van der Waals surface area contributed by atoms with E-state index in [9.17, 15) is 13.6 Å². The van der Waals surface area contributed by atoms with Crippen LogP contribution in [0.15, 0.2) is 59.3 Å². The first-order chi connectivity index (χ1) is 12.1. The predicted molar refractivity (Wildman–Crippen MR) is 85.2 cm³/mol. The van der Waals surface area contributed by atoms with Gasteiger partial charge in [0.25, 0.3) is 5.91 Å². The Hall–Kier alpha value is -3.22. The zero-order valence-electron chi connectivity index (χ0n) is 13.2. The van der Waals surface area contributed by atoms with Gasteiger partial charge in [0.1, 0.15) is 23.4 Å². The average Bonchev–Trinajstić information content (AvgIpc) is 3.13. The zero-order valence-corrected chi connectivity index (χ0v) is 13.2. The first-order valence-electron chi connectivity index (χ1n) is 7.38. The van der Waals surface area contributed by atoms with Crippen molar-refractivity contribution in [2.45, 2.75) is 6.04 Å². The number of amides is 1. The summed E-state index contributed by atoms with van der Waals surface area (Å²) in [6.45, 7) is 0. The van der Waals surface area contributed by atoms with Gasteiger partial charge in [-0.15, -0.1) is 0 Å². The number of furan rings is 1. The first-order valence-corrected chi connectivity index (χ1v) is 7.38. The lowest BCUT2D eigenvalue weighted by atomic mass is 10.0. The van der Waals surface area contributed by atoms with Crippen molar-refractivity contribution in [1.82, 2.24) is 10.3 Å². The SMILES string of the molecule is COc1ccccc1C(NC(=O)c1ncc(F)cc1F)c1ccco1. The van der Waals surface area contributed by atoms with E-state index in [-0.39, 0.29) is 0 Å². The van der Waals surface area contributed by atoms with Gasteiger partial charge < -0.3 is 14.5 Å². The number of para-hydroxylation sites is 1. The van der Waals surface area contributed by atoms with Crippen molar-refractivity contribution in [2.75, 3.05) is 7.11 Å². The minimum atomic E-state index is -1.05. The molecule has 0 aliphatic heterocycles. The van der Waals surface area contributed by atoms with Gasteiger partial charge in [-0.3, -0.25) is 4.79 Å². The van der Waals surface area contributed by atoms with E-state index < -0.39 is 29.3 Å². The summed E-state index contributed by atoms with van der Waals surface area (Å²) in [6, 6.07) is 10.3. The highest BCUT2D eigenvalue weighted by Crippen LogP contribution is 2.30. The molecule has 1 atom stereocenters. The summed E-state index contributed by atoms with van der Waals surface area (Å²) in [4.78, 5) is 16.0. The summed E-state index contributed by atoms with van der Waals surface area (Å²) in [6.07, 6.45) is 2.24. The number of benzene rings is 1. The maximum absolute atomic E-state index is 13.8. The number of rotatable bonds is 5. The molecule has 1 unspecified atom stereocenters. The van der Waals surface area contributed by atoms with Crippen molar-refractivity contribution in [1.29, 1.82) is 0 Å². The van der Waals surface area contributed by atoms with Gasteiger partial charge in [0.05, 0.1) is 19.6 Å². The summed E-state index contributed by atoms with van der Waals surface area (Å²) in [5.74, 6) is -1.75. The standard InChI is InChI=1S/C18H14F2N2O3/c1-24-14-6-3-2-5-12(14)16(15-7-4-8-25-15)22-18(23)17-13(20)9-11(19)10-21-17/h2-10,16H,1H3,(H,22,23). The molecule has 0 aliphatic carbocycles. The van der Waals surface area contributed by atoms with E-state index in [0.29, 0.717) is 23.1 Å². The second-order valence-corrected chi connectivity index (χ2v) is 5.15. The van der Waals surface area contributed by atoms with Crippen molar-refractivity contribution < 1.29 is 22.7 Å². The fourth-order valence-electron chi connectivity index (χ4n) is 2.44. The number of nitrogens with zero attached hydrogens (tertiary/aromatic N) is 1. The fraction of sp³-hybridized carbons (Fsp3) is 0.111. The monoisotopic (exact) mass is 344 g/mol. The quantitative estimate of drug-likeness (QED) is 0.770. The van der Waals surface area contributed by atoms with Crippen LogP contribution < -0.4 is 10.1 Å². The topological polar surface area (TPSA) is 64.4 Å². The van der Waals surface area contributed by atoms with E-state index in [4.69, 9.17) is 9.15 Å². The highest BCUT2D eigenvalue weighted by Gasteiger charge is 2.25. The van der Waals surface area contributed by atoms with E-state index in [1.807, 2.05) is 0 Å². The van der Waals surface area contributed by atoms with Crippen molar-refractivity contribution in [3.05, 3.63) is 83.6 Å². The van der Waals surface area contributed by atoms with Crippen LogP contribution in [0.2, 0.25) is 0 Å².